The molecule has 1 aliphatic rings. The van der Waals surface area contributed by atoms with E-state index in [0.29, 0.717) is 27.1 Å². The fraction of sp³-hybridized carbons (Fsp3) is 0.107. The molecule has 35 heavy (non-hydrogen) atoms. The van der Waals surface area contributed by atoms with Crippen LogP contribution in [-0.4, -0.2) is 27.4 Å². The van der Waals surface area contributed by atoms with E-state index in [0.717, 1.165) is 23.0 Å². The maximum absolute atomic E-state index is 13.3. The molecule has 0 bridgehead atoms. The van der Waals surface area contributed by atoms with Crippen molar-refractivity contribution in [2.45, 2.75) is 13.5 Å². The van der Waals surface area contributed by atoms with Crippen molar-refractivity contribution in [3.8, 4) is 0 Å². The van der Waals surface area contributed by atoms with Crippen LogP contribution in [0.15, 0.2) is 90.0 Å². The molecule has 5 nitrogen and oxygen atoms in total. The number of anilines is 1. The fourth-order valence-corrected chi connectivity index (χ4v) is 5.38. The van der Waals surface area contributed by atoms with Gasteiger partial charge >= 0.3 is 5.97 Å². The lowest BCUT2D eigenvalue weighted by atomic mass is 10.1. The molecule has 174 valence electrons. The monoisotopic (exact) mass is 498 g/mol. The van der Waals surface area contributed by atoms with Crippen LogP contribution in [0.1, 0.15) is 28.4 Å². The van der Waals surface area contributed by atoms with Gasteiger partial charge in [0.1, 0.15) is 0 Å². The van der Waals surface area contributed by atoms with Gasteiger partial charge in [0, 0.05) is 29.2 Å². The molecule has 0 saturated carbocycles. The summed E-state index contributed by atoms with van der Waals surface area (Å²) in [5, 5.41) is 1.08. The topological polar surface area (TPSA) is 51.5 Å². The number of ether oxygens (including phenoxy) is 1. The first-order valence-electron chi connectivity index (χ1n) is 11.2. The third-order valence-electron chi connectivity index (χ3n) is 5.73. The van der Waals surface area contributed by atoms with Gasteiger partial charge in [-0.05, 0) is 48.9 Å². The number of para-hydroxylation sites is 1. The van der Waals surface area contributed by atoms with Crippen LogP contribution < -0.4 is 4.90 Å². The SMILES string of the molecule is CCOC(=O)c1ccc(N2C(=O)/C(=C/c3cn(Cc4ccccc4)c4ccccc34)SC2=S)cc1. The summed E-state index contributed by atoms with van der Waals surface area (Å²) >= 11 is 6.82. The van der Waals surface area contributed by atoms with Gasteiger partial charge in [-0.15, -0.1) is 0 Å². The van der Waals surface area contributed by atoms with Gasteiger partial charge in [-0.1, -0.05) is 72.5 Å². The first-order chi connectivity index (χ1) is 17.0. The Hall–Kier alpha value is -3.68. The summed E-state index contributed by atoms with van der Waals surface area (Å²) in [7, 11) is 0. The third kappa shape index (κ3) is 4.65. The van der Waals surface area contributed by atoms with E-state index in [1.807, 2.05) is 36.4 Å². The molecule has 1 aliphatic heterocycles. The predicted molar refractivity (Wildman–Crippen MR) is 146 cm³/mol. The van der Waals surface area contributed by atoms with Gasteiger partial charge in [-0.2, -0.15) is 0 Å². The molecule has 1 fully saturated rings. The number of thioether (sulfide) groups is 1. The van der Waals surface area contributed by atoms with Crippen molar-refractivity contribution >= 4 is 62.8 Å². The average molecular weight is 499 g/mol. The summed E-state index contributed by atoms with van der Waals surface area (Å²) in [6, 6.07) is 25.2. The molecule has 1 aromatic heterocycles. The Morgan fingerprint density at radius 3 is 2.46 bits per heavy atom. The molecule has 0 unspecified atom stereocenters. The van der Waals surface area contributed by atoms with Crippen LogP contribution in [0.4, 0.5) is 5.69 Å². The molecule has 0 aliphatic carbocycles. The van der Waals surface area contributed by atoms with Gasteiger partial charge < -0.3 is 9.30 Å². The van der Waals surface area contributed by atoms with Crippen LogP contribution in [0.3, 0.4) is 0 Å². The lowest BCUT2D eigenvalue weighted by Crippen LogP contribution is -2.27. The summed E-state index contributed by atoms with van der Waals surface area (Å²) < 4.78 is 7.69. The van der Waals surface area contributed by atoms with Crippen LogP contribution in [-0.2, 0) is 16.1 Å². The molecule has 5 rings (SSSR count). The number of rotatable bonds is 6. The molecule has 4 aromatic rings. The number of hydrogen-bond acceptors (Lipinski definition) is 5. The highest BCUT2D eigenvalue weighted by atomic mass is 32.2. The molecular weight excluding hydrogens is 476 g/mol. The number of carbonyl (C=O) groups is 2. The highest BCUT2D eigenvalue weighted by Gasteiger charge is 2.33. The van der Waals surface area contributed by atoms with Crippen molar-refractivity contribution < 1.29 is 14.3 Å². The van der Waals surface area contributed by atoms with Crippen LogP contribution in [0, 0.1) is 0 Å². The van der Waals surface area contributed by atoms with Crippen molar-refractivity contribution in [1.82, 2.24) is 4.57 Å². The van der Waals surface area contributed by atoms with Crippen LogP contribution >= 0.6 is 24.0 Å². The Morgan fingerprint density at radius 1 is 1.00 bits per heavy atom. The number of esters is 1. The van der Waals surface area contributed by atoms with E-state index in [9.17, 15) is 9.59 Å². The van der Waals surface area contributed by atoms with Crippen LogP contribution in [0.2, 0.25) is 0 Å². The van der Waals surface area contributed by atoms with E-state index in [4.69, 9.17) is 17.0 Å². The summed E-state index contributed by atoms with van der Waals surface area (Å²) in [4.78, 5) is 27.3. The number of hydrogen-bond donors (Lipinski definition) is 0. The second-order valence-corrected chi connectivity index (χ2v) is 9.68. The van der Waals surface area contributed by atoms with E-state index in [2.05, 4.69) is 35.0 Å². The van der Waals surface area contributed by atoms with Gasteiger partial charge in [-0.3, -0.25) is 9.69 Å². The Kier molecular flexibility index (Phi) is 6.53. The third-order valence-corrected chi connectivity index (χ3v) is 7.03. The summed E-state index contributed by atoms with van der Waals surface area (Å²) in [6.45, 7) is 2.81. The number of benzene rings is 3. The minimum absolute atomic E-state index is 0.177. The van der Waals surface area contributed by atoms with Gasteiger partial charge in [0.15, 0.2) is 4.32 Å². The Balaban J connectivity index is 1.45. The second kappa shape index (κ2) is 9.90. The predicted octanol–water partition coefficient (Wildman–Crippen LogP) is 6.27. The molecular formula is C28H22N2O3S2. The van der Waals surface area contributed by atoms with E-state index >= 15 is 0 Å². The number of amides is 1. The highest BCUT2D eigenvalue weighted by Crippen LogP contribution is 2.37. The number of nitrogens with zero attached hydrogens (tertiary/aromatic N) is 2. The lowest BCUT2D eigenvalue weighted by molar-refractivity contribution is -0.113. The largest absolute Gasteiger partial charge is 0.462 e. The number of thiocarbonyl (C=S) groups is 1. The summed E-state index contributed by atoms with van der Waals surface area (Å²) in [5.41, 5.74) is 4.33. The lowest BCUT2D eigenvalue weighted by Gasteiger charge is -2.14. The van der Waals surface area contributed by atoms with Crippen molar-refractivity contribution in [1.29, 1.82) is 0 Å². The van der Waals surface area contributed by atoms with Gasteiger partial charge in [-0.25, -0.2) is 4.79 Å². The summed E-state index contributed by atoms with van der Waals surface area (Å²) in [6.07, 6.45) is 3.99. The van der Waals surface area contributed by atoms with E-state index in [1.54, 1.807) is 31.2 Å². The molecule has 0 spiro atoms. The maximum Gasteiger partial charge on any atom is 0.338 e. The van der Waals surface area contributed by atoms with Crippen molar-refractivity contribution in [3.05, 3.63) is 107 Å². The molecule has 7 heteroatoms. The normalized spacial score (nSPS) is 14.8. The van der Waals surface area contributed by atoms with E-state index in [1.165, 1.54) is 22.2 Å². The van der Waals surface area contributed by atoms with E-state index in [-0.39, 0.29) is 5.91 Å². The van der Waals surface area contributed by atoms with Crippen molar-refractivity contribution in [2.75, 3.05) is 11.5 Å². The Labute approximate surface area is 213 Å². The summed E-state index contributed by atoms with van der Waals surface area (Å²) in [5.74, 6) is -0.569. The fourth-order valence-electron chi connectivity index (χ4n) is 4.09. The average Bonchev–Trinajstić information content (AvgIpc) is 3.36. The molecule has 3 aromatic carbocycles. The Bertz CT molecular complexity index is 1460. The number of fused-ring (bicyclic) bond motifs is 1. The van der Waals surface area contributed by atoms with Crippen LogP contribution in [0.25, 0.3) is 17.0 Å². The van der Waals surface area contributed by atoms with Crippen molar-refractivity contribution in [3.63, 3.8) is 0 Å². The van der Waals surface area contributed by atoms with Gasteiger partial charge in [0.05, 0.1) is 22.8 Å². The molecule has 0 N–H and O–H groups in total. The molecule has 1 saturated heterocycles. The first kappa shape index (κ1) is 23.1. The zero-order valence-electron chi connectivity index (χ0n) is 19.0. The minimum atomic E-state index is -0.392. The van der Waals surface area contributed by atoms with E-state index < -0.39 is 5.97 Å². The molecule has 0 atom stereocenters. The standard InChI is InChI=1S/C28H22N2O3S2/c1-2-33-27(32)20-12-14-22(15-13-20)30-26(31)25(35-28(30)34)16-21-18-29(17-19-8-4-3-5-9-19)24-11-7-6-10-23(21)24/h3-16,18H,2,17H2,1H3/b25-16-. The van der Waals surface area contributed by atoms with Crippen molar-refractivity contribution in [2.24, 2.45) is 0 Å². The van der Waals surface area contributed by atoms with Gasteiger partial charge in [0.2, 0.25) is 0 Å². The first-order valence-corrected chi connectivity index (χ1v) is 12.4. The second-order valence-electron chi connectivity index (χ2n) is 8.00. The zero-order chi connectivity index (χ0) is 24.4. The van der Waals surface area contributed by atoms with Crippen LogP contribution in [0.5, 0.6) is 0 Å². The highest BCUT2D eigenvalue weighted by molar-refractivity contribution is 8.27. The quantitative estimate of drug-likeness (QED) is 0.178. The molecule has 2 heterocycles. The zero-order valence-corrected chi connectivity index (χ0v) is 20.6. The maximum atomic E-state index is 13.3. The smallest absolute Gasteiger partial charge is 0.338 e. The molecule has 1 amide bonds. The number of aromatic nitrogens is 1. The Morgan fingerprint density at radius 2 is 1.71 bits per heavy atom. The molecule has 0 radical (unpaired) electrons. The van der Waals surface area contributed by atoms with Gasteiger partial charge in [0.25, 0.3) is 5.91 Å². The minimum Gasteiger partial charge on any atom is -0.462 e. The number of carbonyl (C=O) groups excluding carboxylic acids is 2.